The van der Waals surface area contributed by atoms with E-state index in [1.807, 2.05) is 17.0 Å². The number of carbonyl (C=O) groups is 1. The molecule has 0 atom stereocenters. The SMILES string of the molecule is CCN(C1CCOCC1)C1CN(C(=O)c2cccnc2)C1. The van der Waals surface area contributed by atoms with Crippen LogP contribution in [0.3, 0.4) is 0 Å². The minimum Gasteiger partial charge on any atom is -0.381 e. The first kappa shape index (κ1) is 14.5. The van der Waals surface area contributed by atoms with Crippen molar-refractivity contribution in [3.8, 4) is 0 Å². The van der Waals surface area contributed by atoms with E-state index in [9.17, 15) is 4.79 Å². The molecular formula is C16H23N3O2. The summed E-state index contributed by atoms with van der Waals surface area (Å²) in [4.78, 5) is 20.8. The third-order valence-electron chi connectivity index (χ3n) is 4.55. The van der Waals surface area contributed by atoms with E-state index in [0.29, 0.717) is 17.6 Å². The van der Waals surface area contributed by atoms with Gasteiger partial charge in [-0.2, -0.15) is 0 Å². The predicted octanol–water partition coefficient (Wildman–Crippen LogP) is 1.41. The molecule has 0 bridgehead atoms. The lowest BCUT2D eigenvalue weighted by molar-refractivity contribution is -0.0222. The molecule has 1 amide bonds. The molecule has 0 aromatic carbocycles. The van der Waals surface area contributed by atoms with Crippen LogP contribution in [0.5, 0.6) is 0 Å². The van der Waals surface area contributed by atoms with E-state index in [0.717, 1.165) is 45.7 Å². The lowest BCUT2D eigenvalue weighted by atomic mass is 9.99. The third kappa shape index (κ3) is 3.09. The topological polar surface area (TPSA) is 45.7 Å². The molecule has 1 aromatic rings. The van der Waals surface area contributed by atoms with Crippen LogP contribution in [-0.4, -0.2) is 65.6 Å². The quantitative estimate of drug-likeness (QED) is 0.841. The number of hydrogen-bond acceptors (Lipinski definition) is 4. The molecule has 2 aliphatic heterocycles. The van der Waals surface area contributed by atoms with E-state index in [1.165, 1.54) is 0 Å². The van der Waals surface area contributed by atoms with Gasteiger partial charge < -0.3 is 9.64 Å². The molecule has 0 aliphatic carbocycles. The molecular weight excluding hydrogens is 266 g/mol. The Bertz CT molecular complexity index is 468. The predicted molar refractivity (Wildman–Crippen MR) is 80.1 cm³/mol. The molecule has 3 heterocycles. The summed E-state index contributed by atoms with van der Waals surface area (Å²) in [6.07, 6.45) is 5.56. The summed E-state index contributed by atoms with van der Waals surface area (Å²) in [6, 6.07) is 4.76. The molecule has 5 heteroatoms. The molecule has 2 aliphatic rings. The maximum Gasteiger partial charge on any atom is 0.255 e. The zero-order chi connectivity index (χ0) is 14.7. The maximum absolute atomic E-state index is 12.3. The van der Waals surface area contributed by atoms with Crippen LogP contribution in [0.15, 0.2) is 24.5 Å². The van der Waals surface area contributed by atoms with Gasteiger partial charge in [-0.1, -0.05) is 6.92 Å². The fourth-order valence-corrected chi connectivity index (χ4v) is 3.33. The average Bonchev–Trinajstić information content (AvgIpc) is 2.51. The van der Waals surface area contributed by atoms with Crippen LogP contribution in [0.4, 0.5) is 0 Å². The van der Waals surface area contributed by atoms with Crippen molar-refractivity contribution in [1.29, 1.82) is 0 Å². The second kappa shape index (κ2) is 6.54. The minimum absolute atomic E-state index is 0.0994. The van der Waals surface area contributed by atoms with E-state index >= 15 is 0 Å². The van der Waals surface area contributed by atoms with Crippen molar-refractivity contribution in [2.45, 2.75) is 31.8 Å². The summed E-state index contributed by atoms with van der Waals surface area (Å²) in [5.41, 5.74) is 0.685. The molecule has 0 saturated carbocycles. The molecule has 2 saturated heterocycles. The Morgan fingerprint density at radius 2 is 2.14 bits per heavy atom. The number of pyridine rings is 1. The van der Waals surface area contributed by atoms with E-state index < -0.39 is 0 Å². The van der Waals surface area contributed by atoms with Crippen LogP contribution in [0, 0.1) is 0 Å². The van der Waals surface area contributed by atoms with E-state index in [1.54, 1.807) is 12.4 Å². The number of amides is 1. The Kier molecular flexibility index (Phi) is 4.51. The van der Waals surface area contributed by atoms with Crippen molar-refractivity contribution >= 4 is 5.91 Å². The van der Waals surface area contributed by atoms with Gasteiger partial charge in [0.05, 0.1) is 5.56 Å². The molecule has 0 radical (unpaired) electrons. The summed E-state index contributed by atoms with van der Waals surface area (Å²) in [6.45, 7) is 6.65. The number of nitrogens with zero attached hydrogens (tertiary/aromatic N) is 3. The molecule has 2 fully saturated rings. The number of likely N-dealkylation sites (N-methyl/N-ethyl adjacent to an activating group) is 1. The van der Waals surface area contributed by atoms with Crippen molar-refractivity contribution in [1.82, 2.24) is 14.8 Å². The van der Waals surface area contributed by atoms with Crippen LogP contribution in [0.1, 0.15) is 30.1 Å². The first-order valence-corrected chi connectivity index (χ1v) is 7.82. The third-order valence-corrected chi connectivity index (χ3v) is 4.55. The highest BCUT2D eigenvalue weighted by atomic mass is 16.5. The van der Waals surface area contributed by atoms with Crippen LogP contribution in [-0.2, 0) is 4.74 Å². The van der Waals surface area contributed by atoms with Gasteiger partial charge in [0.2, 0.25) is 0 Å². The van der Waals surface area contributed by atoms with Crippen LogP contribution >= 0.6 is 0 Å². The number of hydrogen-bond donors (Lipinski definition) is 0. The summed E-state index contributed by atoms with van der Waals surface area (Å²) >= 11 is 0. The Hall–Kier alpha value is -1.46. The normalized spacial score (nSPS) is 20.6. The Morgan fingerprint density at radius 3 is 2.76 bits per heavy atom. The van der Waals surface area contributed by atoms with Crippen molar-refractivity contribution in [3.63, 3.8) is 0 Å². The molecule has 1 aromatic heterocycles. The largest absolute Gasteiger partial charge is 0.381 e. The Morgan fingerprint density at radius 1 is 1.38 bits per heavy atom. The first-order valence-electron chi connectivity index (χ1n) is 7.82. The van der Waals surface area contributed by atoms with Crippen molar-refractivity contribution in [3.05, 3.63) is 30.1 Å². The summed E-state index contributed by atoms with van der Waals surface area (Å²) in [5.74, 6) is 0.0994. The lowest BCUT2D eigenvalue weighted by Crippen LogP contribution is -2.63. The maximum atomic E-state index is 12.3. The molecule has 0 N–H and O–H groups in total. The average molecular weight is 289 g/mol. The molecule has 5 nitrogen and oxygen atoms in total. The van der Waals surface area contributed by atoms with E-state index in [2.05, 4.69) is 16.8 Å². The Balaban J connectivity index is 1.55. The monoisotopic (exact) mass is 289 g/mol. The van der Waals surface area contributed by atoms with Crippen LogP contribution < -0.4 is 0 Å². The van der Waals surface area contributed by atoms with Gasteiger partial charge in [-0.05, 0) is 31.5 Å². The fraction of sp³-hybridized carbons (Fsp3) is 0.625. The number of likely N-dealkylation sites (tertiary alicyclic amines) is 1. The fourth-order valence-electron chi connectivity index (χ4n) is 3.33. The summed E-state index contributed by atoms with van der Waals surface area (Å²) in [5, 5.41) is 0. The van der Waals surface area contributed by atoms with Gasteiger partial charge in [0.15, 0.2) is 0 Å². The van der Waals surface area contributed by atoms with Gasteiger partial charge in [-0.25, -0.2) is 0 Å². The zero-order valence-electron chi connectivity index (χ0n) is 12.6. The van der Waals surface area contributed by atoms with Gasteiger partial charge >= 0.3 is 0 Å². The minimum atomic E-state index is 0.0994. The first-order chi connectivity index (χ1) is 10.3. The van der Waals surface area contributed by atoms with Gasteiger partial charge in [0.1, 0.15) is 0 Å². The van der Waals surface area contributed by atoms with Gasteiger partial charge in [0.25, 0.3) is 5.91 Å². The zero-order valence-corrected chi connectivity index (χ0v) is 12.6. The summed E-state index contributed by atoms with van der Waals surface area (Å²) in [7, 11) is 0. The second-order valence-electron chi connectivity index (χ2n) is 5.78. The highest BCUT2D eigenvalue weighted by Crippen LogP contribution is 2.23. The smallest absolute Gasteiger partial charge is 0.255 e. The molecule has 0 unspecified atom stereocenters. The van der Waals surface area contributed by atoms with Crippen molar-refractivity contribution in [2.24, 2.45) is 0 Å². The lowest BCUT2D eigenvalue weighted by Gasteiger charge is -2.48. The van der Waals surface area contributed by atoms with Gasteiger partial charge in [-0.3, -0.25) is 14.7 Å². The van der Waals surface area contributed by atoms with Gasteiger partial charge in [-0.15, -0.1) is 0 Å². The van der Waals surface area contributed by atoms with E-state index in [4.69, 9.17) is 4.74 Å². The van der Waals surface area contributed by atoms with Gasteiger partial charge in [0, 0.05) is 50.8 Å². The molecule has 3 rings (SSSR count). The number of ether oxygens (including phenoxy) is 1. The molecule has 0 spiro atoms. The summed E-state index contributed by atoms with van der Waals surface area (Å²) < 4.78 is 5.44. The Labute approximate surface area is 125 Å². The number of rotatable bonds is 4. The van der Waals surface area contributed by atoms with E-state index in [-0.39, 0.29) is 5.91 Å². The molecule has 114 valence electrons. The second-order valence-corrected chi connectivity index (χ2v) is 5.78. The number of carbonyl (C=O) groups excluding carboxylic acids is 1. The van der Waals surface area contributed by atoms with Crippen molar-refractivity contribution in [2.75, 3.05) is 32.8 Å². The van der Waals surface area contributed by atoms with Crippen LogP contribution in [0.2, 0.25) is 0 Å². The highest BCUT2D eigenvalue weighted by Gasteiger charge is 2.37. The van der Waals surface area contributed by atoms with Crippen molar-refractivity contribution < 1.29 is 9.53 Å². The highest BCUT2D eigenvalue weighted by molar-refractivity contribution is 5.94. The standard InChI is InChI=1S/C16H23N3O2/c1-2-19(14-5-8-21-9-6-14)15-11-18(12-15)16(20)13-4-3-7-17-10-13/h3-4,7,10,14-15H,2,5-6,8-9,11-12H2,1H3. The number of aromatic nitrogens is 1. The van der Waals surface area contributed by atoms with Crippen LogP contribution in [0.25, 0.3) is 0 Å². The molecule has 21 heavy (non-hydrogen) atoms.